The molecule has 2 N–H and O–H groups in total. The van der Waals surface area contributed by atoms with Gasteiger partial charge in [-0.3, -0.25) is 4.72 Å². The molecule has 0 radical (unpaired) electrons. The summed E-state index contributed by atoms with van der Waals surface area (Å²) < 4.78 is 16.4. The van der Waals surface area contributed by atoms with Gasteiger partial charge in [0.1, 0.15) is 5.82 Å². The fourth-order valence-corrected chi connectivity index (χ4v) is 3.67. The van der Waals surface area contributed by atoms with Gasteiger partial charge in [0.05, 0.1) is 21.1 Å². The summed E-state index contributed by atoms with van der Waals surface area (Å²) >= 11 is 7.16. The Balaban J connectivity index is 1.62. The van der Waals surface area contributed by atoms with Crippen LogP contribution in [0.3, 0.4) is 0 Å². The third kappa shape index (κ3) is 1.53. The van der Waals surface area contributed by atoms with Gasteiger partial charge in [-0.15, -0.1) is 0 Å². The van der Waals surface area contributed by atoms with Crippen molar-refractivity contribution in [2.24, 2.45) is 10.9 Å². The summed E-state index contributed by atoms with van der Waals surface area (Å²) in [5.74, 6) is 1.26. The SMILES string of the molecule is Fc1cc2c(cc1Cl)NC(=NC13CC(C1)C3)NS2. The molecule has 1 aliphatic heterocycles. The van der Waals surface area contributed by atoms with E-state index in [1.807, 2.05) is 0 Å². The van der Waals surface area contributed by atoms with Crippen LogP contribution in [-0.2, 0) is 0 Å². The molecule has 0 aromatic heterocycles. The lowest BCUT2D eigenvalue weighted by molar-refractivity contribution is -0.0147. The predicted octanol–water partition coefficient (Wildman–Crippen LogP) is 3.41. The minimum absolute atomic E-state index is 0.133. The van der Waals surface area contributed by atoms with Crippen LogP contribution in [-0.4, -0.2) is 11.5 Å². The number of fused-ring (bicyclic) bond motifs is 1. The van der Waals surface area contributed by atoms with Gasteiger partial charge in [-0.05, 0) is 49.3 Å². The van der Waals surface area contributed by atoms with Gasteiger partial charge >= 0.3 is 0 Å². The van der Waals surface area contributed by atoms with Gasteiger partial charge in [0.25, 0.3) is 0 Å². The van der Waals surface area contributed by atoms with E-state index in [1.54, 1.807) is 6.07 Å². The molecule has 1 aromatic carbocycles. The van der Waals surface area contributed by atoms with Gasteiger partial charge in [-0.25, -0.2) is 9.38 Å². The Morgan fingerprint density at radius 2 is 2.17 bits per heavy atom. The largest absolute Gasteiger partial charge is 0.325 e. The first kappa shape index (κ1) is 10.9. The lowest BCUT2D eigenvalue weighted by Crippen LogP contribution is -2.57. The lowest BCUT2D eigenvalue weighted by atomic mass is 9.50. The van der Waals surface area contributed by atoms with Crippen molar-refractivity contribution in [3.8, 4) is 0 Å². The first-order chi connectivity index (χ1) is 8.63. The average Bonchev–Trinajstić information content (AvgIpc) is 2.24. The van der Waals surface area contributed by atoms with Crippen molar-refractivity contribution in [1.82, 2.24) is 4.72 Å². The smallest absolute Gasteiger partial charge is 0.206 e. The zero-order chi connectivity index (χ0) is 12.3. The molecule has 3 fully saturated rings. The molecule has 1 heterocycles. The fraction of sp³-hybridized carbons (Fsp3) is 0.417. The number of nitrogens with zero attached hydrogens (tertiary/aromatic N) is 1. The Morgan fingerprint density at radius 1 is 1.39 bits per heavy atom. The molecule has 0 spiro atoms. The molecule has 0 amide bonds. The van der Waals surface area contributed by atoms with Crippen LogP contribution in [0.5, 0.6) is 0 Å². The minimum Gasteiger partial charge on any atom is -0.325 e. The van der Waals surface area contributed by atoms with E-state index in [0.29, 0.717) is 0 Å². The third-order valence-electron chi connectivity index (χ3n) is 3.89. The van der Waals surface area contributed by atoms with E-state index in [9.17, 15) is 4.39 Å². The van der Waals surface area contributed by atoms with E-state index in [4.69, 9.17) is 16.6 Å². The van der Waals surface area contributed by atoms with Crippen LogP contribution in [0.1, 0.15) is 19.3 Å². The highest BCUT2D eigenvalue weighted by molar-refractivity contribution is 7.98. The summed E-state index contributed by atoms with van der Waals surface area (Å²) in [6.07, 6.45) is 3.63. The molecule has 4 aliphatic rings. The van der Waals surface area contributed by atoms with Crippen molar-refractivity contribution in [2.75, 3.05) is 5.32 Å². The Morgan fingerprint density at radius 3 is 2.83 bits per heavy atom. The van der Waals surface area contributed by atoms with E-state index in [1.165, 1.54) is 37.3 Å². The van der Waals surface area contributed by atoms with Crippen LogP contribution in [0.25, 0.3) is 0 Å². The highest BCUT2D eigenvalue weighted by Gasteiger charge is 2.57. The number of hydrogen-bond donors (Lipinski definition) is 2. The molecule has 3 nitrogen and oxygen atoms in total. The quantitative estimate of drug-likeness (QED) is 0.776. The van der Waals surface area contributed by atoms with Crippen LogP contribution in [0.15, 0.2) is 22.0 Å². The Hall–Kier alpha value is -0.940. The topological polar surface area (TPSA) is 36.4 Å². The second-order valence-electron chi connectivity index (χ2n) is 5.25. The van der Waals surface area contributed by atoms with Gasteiger partial charge in [-0.1, -0.05) is 11.6 Å². The molecule has 0 atom stereocenters. The molecule has 94 valence electrons. The monoisotopic (exact) mass is 283 g/mol. The highest BCUT2D eigenvalue weighted by atomic mass is 35.5. The number of hydrogen-bond acceptors (Lipinski definition) is 2. The molecule has 5 rings (SSSR count). The maximum absolute atomic E-state index is 13.3. The standard InChI is InChI=1S/C12H11ClFN3S/c13-7-1-9-10(2-8(7)14)18-17-11(15-9)16-12-3-6(4-12)5-12/h1-2,6H,3-5H2,(H2,15,16,17). The summed E-state index contributed by atoms with van der Waals surface area (Å²) in [4.78, 5) is 5.53. The number of benzene rings is 1. The zero-order valence-electron chi connectivity index (χ0n) is 9.46. The fourth-order valence-electron chi connectivity index (χ4n) is 2.82. The Bertz CT molecular complexity index is 558. The highest BCUT2D eigenvalue weighted by Crippen LogP contribution is 2.59. The minimum atomic E-state index is -0.397. The van der Waals surface area contributed by atoms with Crippen LogP contribution in [0.4, 0.5) is 10.1 Å². The van der Waals surface area contributed by atoms with E-state index in [0.717, 1.165) is 22.5 Å². The van der Waals surface area contributed by atoms with Crippen molar-refractivity contribution >= 4 is 35.2 Å². The van der Waals surface area contributed by atoms with Gasteiger partial charge in [0.15, 0.2) is 0 Å². The number of nitrogens with one attached hydrogen (secondary N) is 2. The molecular weight excluding hydrogens is 273 g/mol. The van der Waals surface area contributed by atoms with Crippen molar-refractivity contribution < 1.29 is 4.39 Å². The van der Waals surface area contributed by atoms with Crippen molar-refractivity contribution in [3.05, 3.63) is 23.0 Å². The summed E-state index contributed by atoms with van der Waals surface area (Å²) in [5, 5.41) is 3.31. The molecule has 2 bridgehead atoms. The van der Waals surface area contributed by atoms with Crippen LogP contribution >= 0.6 is 23.5 Å². The number of guanidine groups is 1. The number of halogens is 2. The van der Waals surface area contributed by atoms with Crippen molar-refractivity contribution in [1.29, 1.82) is 0 Å². The normalized spacial score (nSPS) is 33.9. The van der Waals surface area contributed by atoms with Crippen LogP contribution in [0, 0.1) is 11.7 Å². The molecule has 18 heavy (non-hydrogen) atoms. The first-order valence-corrected chi connectivity index (χ1v) is 7.12. The van der Waals surface area contributed by atoms with Crippen molar-refractivity contribution in [3.63, 3.8) is 0 Å². The number of aliphatic imine (C=N–C) groups is 1. The molecule has 0 unspecified atom stereocenters. The van der Waals surface area contributed by atoms with Gasteiger partial charge in [-0.2, -0.15) is 0 Å². The van der Waals surface area contributed by atoms with E-state index < -0.39 is 5.82 Å². The maximum Gasteiger partial charge on any atom is 0.206 e. The lowest BCUT2D eigenvalue weighted by Gasteiger charge is -2.59. The van der Waals surface area contributed by atoms with Gasteiger partial charge in [0.2, 0.25) is 5.96 Å². The van der Waals surface area contributed by atoms with E-state index in [2.05, 4.69) is 10.0 Å². The maximum atomic E-state index is 13.3. The average molecular weight is 284 g/mol. The van der Waals surface area contributed by atoms with Crippen LogP contribution in [0.2, 0.25) is 5.02 Å². The molecule has 6 heteroatoms. The summed E-state index contributed by atoms with van der Waals surface area (Å²) in [6, 6.07) is 3.04. The molecule has 1 aromatic rings. The van der Waals surface area contributed by atoms with Crippen molar-refractivity contribution in [2.45, 2.75) is 29.7 Å². The number of anilines is 1. The second kappa shape index (κ2) is 3.54. The second-order valence-corrected chi connectivity index (χ2v) is 6.51. The van der Waals surface area contributed by atoms with E-state index >= 15 is 0 Å². The predicted molar refractivity (Wildman–Crippen MR) is 71.5 cm³/mol. The number of rotatable bonds is 1. The molecule has 3 saturated carbocycles. The summed E-state index contributed by atoms with van der Waals surface area (Å²) in [6.45, 7) is 0. The van der Waals surface area contributed by atoms with Gasteiger partial charge < -0.3 is 5.32 Å². The molecule has 0 saturated heterocycles. The zero-order valence-corrected chi connectivity index (χ0v) is 11.0. The first-order valence-electron chi connectivity index (χ1n) is 5.92. The Labute approximate surface area is 113 Å². The third-order valence-corrected chi connectivity index (χ3v) is 5.03. The van der Waals surface area contributed by atoms with E-state index in [-0.39, 0.29) is 10.6 Å². The van der Waals surface area contributed by atoms with Gasteiger partial charge in [0, 0.05) is 0 Å². The molecular formula is C12H11ClFN3S. The van der Waals surface area contributed by atoms with Crippen LogP contribution < -0.4 is 10.0 Å². The molecule has 3 aliphatic carbocycles. The summed E-state index contributed by atoms with van der Waals surface area (Å²) in [7, 11) is 0. The summed E-state index contributed by atoms with van der Waals surface area (Å²) in [5.41, 5.74) is 0.998. The Kier molecular flexibility index (Phi) is 2.15.